The van der Waals surface area contributed by atoms with Crippen molar-refractivity contribution < 1.29 is 4.79 Å². The first-order valence-corrected chi connectivity index (χ1v) is 9.94. The Bertz CT molecular complexity index is 747. The summed E-state index contributed by atoms with van der Waals surface area (Å²) in [7, 11) is 0. The molecule has 132 valence electrons. The first-order chi connectivity index (χ1) is 12.2. The van der Waals surface area contributed by atoms with E-state index in [0.29, 0.717) is 5.92 Å². The van der Waals surface area contributed by atoms with Gasteiger partial charge in [-0.15, -0.1) is 11.3 Å². The number of aromatic nitrogens is 2. The summed E-state index contributed by atoms with van der Waals surface area (Å²) < 4.78 is 0. The maximum Gasteiger partial charge on any atom is 0.228 e. The van der Waals surface area contributed by atoms with Crippen LogP contribution in [0.1, 0.15) is 43.7 Å². The molecule has 0 radical (unpaired) electrons. The largest absolute Gasteiger partial charge is 0.347 e. The van der Waals surface area contributed by atoms with Gasteiger partial charge in [0.1, 0.15) is 5.01 Å². The second kappa shape index (κ2) is 6.84. The number of hydrogen-bond acceptors (Lipinski definition) is 5. The molecule has 2 aromatic heterocycles. The molecular weight excluding hydrogens is 332 g/mol. The van der Waals surface area contributed by atoms with E-state index in [1.807, 2.05) is 24.4 Å². The highest BCUT2D eigenvalue weighted by Crippen LogP contribution is 2.44. The monoisotopic (exact) mass is 356 g/mol. The van der Waals surface area contributed by atoms with Crippen molar-refractivity contribution in [2.24, 2.45) is 11.3 Å². The van der Waals surface area contributed by atoms with Crippen molar-refractivity contribution >= 4 is 17.2 Å². The molecule has 2 N–H and O–H groups in total. The van der Waals surface area contributed by atoms with E-state index in [4.69, 9.17) is 4.98 Å². The lowest BCUT2D eigenvalue weighted by molar-refractivity contribution is -0.134. The van der Waals surface area contributed by atoms with Gasteiger partial charge in [0.15, 0.2) is 0 Å². The van der Waals surface area contributed by atoms with Crippen LogP contribution in [0.15, 0.2) is 29.9 Å². The highest BCUT2D eigenvalue weighted by atomic mass is 32.1. The fourth-order valence-corrected chi connectivity index (χ4v) is 5.07. The van der Waals surface area contributed by atoms with E-state index in [9.17, 15) is 4.79 Å². The minimum Gasteiger partial charge on any atom is -0.347 e. The Balaban J connectivity index is 1.48. The van der Waals surface area contributed by atoms with Crippen LogP contribution in [0.5, 0.6) is 0 Å². The van der Waals surface area contributed by atoms with E-state index in [0.717, 1.165) is 48.6 Å². The van der Waals surface area contributed by atoms with Crippen LogP contribution in [0, 0.1) is 11.3 Å². The van der Waals surface area contributed by atoms with Gasteiger partial charge in [0.2, 0.25) is 5.91 Å². The second-order valence-corrected chi connectivity index (χ2v) is 8.12. The van der Waals surface area contributed by atoms with Gasteiger partial charge < -0.3 is 10.6 Å². The van der Waals surface area contributed by atoms with Crippen molar-refractivity contribution in [3.05, 3.63) is 34.9 Å². The molecule has 2 aromatic rings. The topological polar surface area (TPSA) is 66.9 Å². The summed E-state index contributed by atoms with van der Waals surface area (Å²) in [5.74, 6) is 0.687. The van der Waals surface area contributed by atoms with Gasteiger partial charge in [-0.1, -0.05) is 12.8 Å². The summed E-state index contributed by atoms with van der Waals surface area (Å²) in [4.78, 5) is 21.8. The number of amides is 1. The van der Waals surface area contributed by atoms with Crippen molar-refractivity contribution in [1.29, 1.82) is 0 Å². The fraction of sp³-hybridized carbons (Fsp3) is 0.526. The molecule has 3 atom stereocenters. The smallest absolute Gasteiger partial charge is 0.228 e. The molecule has 2 aliphatic rings. The van der Waals surface area contributed by atoms with Crippen LogP contribution < -0.4 is 10.6 Å². The molecule has 0 aromatic carbocycles. The summed E-state index contributed by atoms with van der Waals surface area (Å²) in [6, 6.07) is 3.85. The zero-order chi connectivity index (χ0) is 17.3. The van der Waals surface area contributed by atoms with Crippen molar-refractivity contribution in [2.75, 3.05) is 13.1 Å². The van der Waals surface area contributed by atoms with E-state index in [2.05, 4.69) is 15.6 Å². The maximum absolute atomic E-state index is 13.1. The van der Waals surface area contributed by atoms with E-state index in [1.54, 1.807) is 23.7 Å². The van der Waals surface area contributed by atoms with Crippen LogP contribution in [-0.4, -0.2) is 29.0 Å². The SMILES string of the molecule is CC(NC(=O)[C@@]12CCCC[C@H]1CNC2)c1nc(-c2ccncc2)cs1. The fourth-order valence-electron chi connectivity index (χ4n) is 4.23. The van der Waals surface area contributed by atoms with Crippen LogP contribution in [0.2, 0.25) is 0 Å². The number of carbonyl (C=O) groups is 1. The third kappa shape index (κ3) is 3.09. The maximum atomic E-state index is 13.1. The van der Waals surface area contributed by atoms with Crippen LogP contribution in [0.3, 0.4) is 0 Å². The van der Waals surface area contributed by atoms with Crippen molar-refractivity contribution in [2.45, 2.75) is 38.6 Å². The van der Waals surface area contributed by atoms with Gasteiger partial charge in [-0.2, -0.15) is 0 Å². The van der Waals surface area contributed by atoms with E-state index < -0.39 is 0 Å². The molecule has 4 rings (SSSR count). The molecule has 1 amide bonds. The first kappa shape index (κ1) is 16.7. The van der Waals surface area contributed by atoms with Crippen LogP contribution in [-0.2, 0) is 4.79 Å². The quantitative estimate of drug-likeness (QED) is 0.883. The number of fused-ring (bicyclic) bond motifs is 1. The molecule has 25 heavy (non-hydrogen) atoms. The minimum absolute atomic E-state index is 0.0642. The minimum atomic E-state index is -0.211. The third-order valence-corrected chi connectivity index (χ3v) is 6.73. The van der Waals surface area contributed by atoms with Gasteiger partial charge in [0.25, 0.3) is 0 Å². The van der Waals surface area contributed by atoms with E-state index in [-0.39, 0.29) is 17.4 Å². The Kier molecular flexibility index (Phi) is 4.56. The van der Waals surface area contributed by atoms with Gasteiger partial charge in [-0.3, -0.25) is 9.78 Å². The second-order valence-electron chi connectivity index (χ2n) is 7.23. The molecule has 1 saturated carbocycles. The molecule has 6 heteroatoms. The average Bonchev–Trinajstić information content (AvgIpc) is 3.30. The molecule has 0 spiro atoms. The zero-order valence-electron chi connectivity index (χ0n) is 14.5. The molecule has 1 aliphatic heterocycles. The Morgan fingerprint density at radius 1 is 1.40 bits per heavy atom. The molecule has 0 bridgehead atoms. The third-order valence-electron chi connectivity index (χ3n) is 5.71. The Morgan fingerprint density at radius 2 is 2.24 bits per heavy atom. The predicted octanol–water partition coefficient (Wildman–Crippen LogP) is 3.16. The number of thiazole rings is 1. The summed E-state index contributed by atoms with van der Waals surface area (Å²) >= 11 is 1.60. The van der Waals surface area contributed by atoms with E-state index >= 15 is 0 Å². The number of nitrogens with zero attached hydrogens (tertiary/aromatic N) is 2. The zero-order valence-corrected chi connectivity index (χ0v) is 15.3. The highest BCUT2D eigenvalue weighted by molar-refractivity contribution is 7.10. The molecule has 1 unspecified atom stereocenters. The van der Waals surface area contributed by atoms with Crippen molar-refractivity contribution in [1.82, 2.24) is 20.6 Å². The molecule has 5 nitrogen and oxygen atoms in total. The average molecular weight is 356 g/mol. The number of hydrogen-bond donors (Lipinski definition) is 2. The summed E-state index contributed by atoms with van der Waals surface area (Å²) in [5, 5.41) is 9.70. The number of pyridine rings is 1. The number of rotatable bonds is 4. The van der Waals surface area contributed by atoms with Crippen LogP contribution in [0.4, 0.5) is 0 Å². The first-order valence-electron chi connectivity index (χ1n) is 9.06. The Morgan fingerprint density at radius 3 is 3.08 bits per heavy atom. The lowest BCUT2D eigenvalue weighted by atomic mass is 9.67. The van der Waals surface area contributed by atoms with Gasteiger partial charge in [-0.25, -0.2) is 4.98 Å². The van der Waals surface area contributed by atoms with Gasteiger partial charge in [0, 0.05) is 29.9 Å². The van der Waals surface area contributed by atoms with E-state index in [1.165, 1.54) is 6.42 Å². The highest BCUT2D eigenvalue weighted by Gasteiger charge is 2.50. The summed E-state index contributed by atoms with van der Waals surface area (Å²) in [6.07, 6.45) is 8.12. The molecule has 1 aliphatic carbocycles. The summed E-state index contributed by atoms with van der Waals surface area (Å²) in [5.41, 5.74) is 1.79. The number of carbonyl (C=O) groups excluding carboxylic acids is 1. The van der Waals surface area contributed by atoms with Crippen molar-refractivity contribution in [3.63, 3.8) is 0 Å². The lowest BCUT2D eigenvalue weighted by Crippen LogP contribution is -2.48. The van der Waals surface area contributed by atoms with Gasteiger partial charge in [0.05, 0.1) is 17.2 Å². The van der Waals surface area contributed by atoms with Crippen LogP contribution >= 0.6 is 11.3 Å². The molecular formula is C19H24N4OS. The van der Waals surface area contributed by atoms with Crippen molar-refractivity contribution in [3.8, 4) is 11.3 Å². The van der Waals surface area contributed by atoms with Gasteiger partial charge in [-0.05, 0) is 44.4 Å². The molecule has 3 heterocycles. The molecule has 1 saturated heterocycles. The van der Waals surface area contributed by atoms with Crippen LogP contribution in [0.25, 0.3) is 11.3 Å². The number of nitrogens with one attached hydrogen (secondary N) is 2. The Labute approximate surface area is 152 Å². The Hall–Kier alpha value is -1.79. The lowest BCUT2D eigenvalue weighted by Gasteiger charge is -2.37. The molecule has 2 fully saturated rings. The van der Waals surface area contributed by atoms with Gasteiger partial charge >= 0.3 is 0 Å². The predicted molar refractivity (Wildman–Crippen MR) is 99.2 cm³/mol. The normalized spacial score (nSPS) is 26.8. The summed E-state index contributed by atoms with van der Waals surface area (Å²) in [6.45, 7) is 3.82. The standard InChI is InChI=1S/C19H24N4OS/c1-13(17-23-16(11-25-17)14-5-8-20-9-6-14)22-18(24)19-7-3-2-4-15(19)10-21-12-19/h5-6,8-9,11,13,15,21H,2-4,7,10,12H2,1H3,(H,22,24)/t13?,15-,19+/m0/s1.